The standard InChI is InChI=1S/C27H34O2P2/c1-28-27(23-26-15-9-4-10-16-26)29-30-19-22-31(20-17-24-11-5-2-6-12-24)21-18-25-13-7-3-8-14-25/h2-16,27,30H,17-23H2,1H3. The third kappa shape index (κ3) is 9.63. The van der Waals surface area contributed by atoms with E-state index in [9.17, 15) is 0 Å². The monoisotopic (exact) mass is 452 g/mol. The molecule has 2 nitrogen and oxygen atoms in total. The van der Waals surface area contributed by atoms with E-state index in [4.69, 9.17) is 9.26 Å². The van der Waals surface area contributed by atoms with E-state index >= 15 is 0 Å². The van der Waals surface area contributed by atoms with E-state index in [1.807, 2.05) is 6.07 Å². The van der Waals surface area contributed by atoms with Gasteiger partial charge in [0, 0.05) is 22.3 Å². The first-order valence-corrected chi connectivity index (χ1v) is 14.1. The average Bonchev–Trinajstić information content (AvgIpc) is 2.84. The van der Waals surface area contributed by atoms with Gasteiger partial charge < -0.3 is 9.26 Å². The minimum absolute atomic E-state index is 0.00512. The SMILES string of the molecule is COC(Cc1ccccc1)OPCCP(CCc1ccccc1)CCc1ccccc1. The Hall–Kier alpha value is -1.56. The first kappa shape index (κ1) is 24.1. The molecule has 0 aliphatic heterocycles. The summed E-state index contributed by atoms with van der Waals surface area (Å²) in [6, 6.07) is 32.2. The van der Waals surface area contributed by atoms with E-state index in [0.717, 1.165) is 12.6 Å². The first-order valence-electron chi connectivity index (χ1n) is 11.1. The van der Waals surface area contributed by atoms with Gasteiger partial charge in [-0.3, -0.25) is 0 Å². The van der Waals surface area contributed by atoms with Crippen molar-refractivity contribution in [2.45, 2.75) is 25.6 Å². The van der Waals surface area contributed by atoms with E-state index in [0.29, 0.717) is 8.81 Å². The Morgan fingerprint density at radius 1 is 0.677 bits per heavy atom. The number of ether oxygens (including phenoxy) is 1. The summed E-state index contributed by atoms with van der Waals surface area (Å²) in [6.45, 7) is 0. The molecule has 0 aliphatic carbocycles. The van der Waals surface area contributed by atoms with Crippen LogP contribution < -0.4 is 0 Å². The van der Waals surface area contributed by atoms with Crippen molar-refractivity contribution in [1.82, 2.24) is 0 Å². The highest BCUT2D eigenvalue weighted by atomic mass is 31.1. The van der Waals surface area contributed by atoms with Crippen LogP contribution in [-0.2, 0) is 28.5 Å². The van der Waals surface area contributed by atoms with Crippen molar-refractivity contribution in [3.8, 4) is 0 Å². The lowest BCUT2D eigenvalue weighted by atomic mass is 10.1. The molecule has 0 heterocycles. The second-order valence-electron chi connectivity index (χ2n) is 7.68. The molecule has 0 aromatic heterocycles. The van der Waals surface area contributed by atoms with Gasteiger partial charge in [0.15, 0.2) is 6.29 Å². The molecule has 0 bridgehead atoms. The second kappa shape index (κ2) is 14.5. The fourth-order valence-corrected chi connectivity index (χ4v) is 7.47. The summed E-state index contributed by atoms with van der Waals surface area (Å²) in [6.07, 6.45) is 8.02. The molecule has 0 spiro atoms. The highest BCUT2D eigenvalue weighted by Crippen LogP contribution is 2.38. The average molecular weight is 453 g/mol. The summed E-state index contributed by atoms with van der Waals surface area (Å²) < 4.78 is 11.6. The largest absolute Gasteiger partial charge is 0.355 e. The van der Waals surface area contributed by atoms with Crippen molar-refractivity contribution in [3.63, 3.8) is 0 Å². The molecule has 0 N–H and O–H groups in total. The minimum atomic E-state index is -0.152. The number of rotatable bonds is 14. The number of hydrogen-bond acceptors (Lipinski definition) is 2. The van der Waals surface area contributed by atoms with E-state index in [1.54, 1.807) is 7.11 Å². The number of aryl methyl sites for hydroxylation is 2. The maximum atomic E-state index is 6.09. The van der Waals surface area contributed by atoms with Gasteiger partial charge in [-0.05, 0) is 54.2 Å². The number of methoxy groups -OCH3 is 1. The lowest BCUT2D eigenvalue weighted by Gasteiger charge is -2.20. The Kier molecular flexibility index (Phi) is 11.3. The highest BCUT2D eigenvalue weighted by Gasteiger charge is 2.12. The van der Waals surface area contributed by atoms with Crippen LogP contribution in [0.1, 0.15) is 16.7 Å². The molecule has 3 rings (SSSR count). The van der Waals surface area contributed by atoms with Crippen LogP contribution in [0.4, 0.5) is 0 Å². The molecule has 3 aromatic carbocycles. The molecule has 0 aliphatic rings. The Labute approximate surface area is 191 Å². The molecule has 0 saturated carbocycles. The van der Waals surface area contributed by atoms with Crippen LogP contribution in [-0.4, -0.2) is 38.0 Å². The maximum Gasteiger partial charge on any atom is 0.164 e. The molecule has 0 amide bonds. The van der Waals surface area contributed by atoms with Crippen molar-refractivity contribution >= 4 is 16.7 Å². The van der Waals surface area contributed by atoms with Crippen LogP contribution in [0.3, 0.4) is 0 Å². The fraction of sp³-hybridized carbons (Fsp3) is 0.333. The van der Waals surface area contributed by atoms with Crippen LogP contribution in [0.15, 0.2) is 91.0 Å². The molecule has 3 aromatic rings. The van der Waals surface area contributed by atoms with E-state index in [2.05, 4.69) is 84.9 Å². The molecule has 0 saturated heterocycles. The van der Waals surface area contributed by atoms with Crippen LogP contribution in [0, 0.1) is 0 Å². The molecular weight excluding hydrogens is 418 g/mol. The van der Waals surface area contributed by atoms with Crippen molar-refractivity contribution < 1.29 is 9.26 Å². The lowest BCUT2D eigenvalue weighted by molar-refractivity contribution is -0.0424. The van der Waals surface area contributed by atoms with E-state index in [-0.39, 0.29) is 14.2 Å². The molecular formula is C27H34O2P2. The van der Waals surface area contributed by atoms with Crippen LogP contribution in [0.2, 0.25) is 0 Å². The van der Waals surface area contributed by atoms with Crippen molar-refractivity contribution in [2.75, 3.05) is 31.8 Å². The van der Waals surface area contributed by atoms with Gasteiger partial charge in [0.2, 0.25) is 0 Å². The van der Waals surface area contributed by atoms with Gasteiger partial charge in [-0.15, -0.1) is 7.92 Å². The van der Waals surface area contributed by atoms with Crippen molar-refractivity contribution in [2.24, 2.45) is 0 Å². The normalized spacial score (nSPS) is 12.6. The Morgan fingerprint density at radius 2 is 1.16 bits per heavy atom. The Bertz CT molecular complexity index is 784. The van der Waals surface area contributed by atoms with E-state index in [1.165, 1.54) is 48.0 Å². The number of hydrogen-bond donors (Lipinski definition) is 0. The van der Waals surface area contributed by atoms with Crippen LogP contribution in [0.25, 0.3) is 0 Å². The smallest absolute Gasteiger partial charge is 0.164 e. The van der Waals surface area contributed by atoms with Gasteiger partial charge in [0.25, 0.3) is 0 Å². The quantitative estimate of drug-likeness (QED) is 0.153. The summed E-state index contributed by atoms with van der Waals surface area (Å²) >= 11 is 0. The zero-order valence-corrected chi connectivity index (χ0v) is 20.3. The van der Waals surface area contributed by atoms with Crippen LogP contribution in [0.5, 0.6) is 0 Å². The molecule has 2 unspecified atom stereocenters. The van der Waals surface area contributed by atoms with Gasteiger partial charge in [-0.1, -0.05) is 91.0 Å². The van der Waals surface area contributed by atoms with Gasteiger partial charge in [0.1, 0.15) is 0 Å². The summed E-state index contributed by atoms with van der Waals surface area (Å²) in [5.41, 5.74) is 4.17. The Balaban J connectivity index is 1.44. The predicted octanol–water partition coefficient (Wildman–Crippen LogP) is 6.78. The molecule has 31 heavy (non-hydrogen) atoms. The number of benzene rings is 3. The summed E-state index contributed by atoms with van der Waals surface area (Å²) in [4.78, 5) is 0. The van der Waals surface area contributed by atoms with Gasteiger partial charge in [-0.2, -0.15) is 0 Å². The topological polar surface area (TPSA) is 18.5 Å². The molecule has 0 radical (unpaired) electrons. The molecule has 0 fully saturated rings. The van der Waals surface area contributed by atoms with Gasteiger partial charge in [0.05, 0.1) is 0 Å². The summed E-state index contributed by atoms with van der Waals surface area (Å²) in [5.74, 6) is 0. The maximum absolute atomic E-state index is 6.09. The zero-order valence-electron chi connectivity index (χ0n) is 18.5. The van der Waals surface area contributed by atoms with E-state index < -0.39 is 0 Å². The van der Waals surface area contributed by atoms with Gasteiger partial charge in [-0.25, -0.2) is 0 Å². The highest BCUT2D eigenvalue weighted by molar-refractivity contribution is 7.58. The third-order valence-electron chi connectivity index (χ3n) is 5.37. The summed E-state index contributed by atoms with van der Waals surface area (Å²) in [7, 11) is 2.23. The minimum Gasteiger partial charge on any atom is -0.355 e. The summed E-state index contributed by atoms with van der Waals surface area (Å²) in [5, 5.41) is 0. The zero-order chi connectivity index (χ0) is 21.6. The lowest BCUT2D eigenvalue weighted by Crippen LogP contribution is -2.15. The molecule has 2 atom stereocenters. The second-order valence-corrected chi connectivity index (χ2v) is 11.4. The Morgan fingerprint density at radius 3 is 1.65 bits per heavy atom. The van der Waals surface area contributed by atoms with Gasteiger partial charge >= 0.3 is 0 Å². The molecule has 4 heteroatoms. The third-order valence-corrected chi connectivity index (χ3v) is 9.24. The fourth-order valence-electron chi connectivity index (χ4n) is 3.53. The predicted molar refractivity (Wildman–Crippen MR) is 137 cm³/mol. The molecule has 164 valence electrons. The van der Waals surface area contributed by atoms with Crippen molar-refractivity contribution in [1.29, 1.82) is 0 Å². The van der Waals surface area contributed by atoms with Crippen LogP contribution >= 0.6 is 16.7 Å². The van der Waals surface area contributed by atoms with Crippen molar-refractivity contribution in [3.05, 3.63) is 108 Å². The first-order chi connectivity index (χ1) is 15.3.